The molecule has 0 saturated heterocycles. The van der Waals surface area contributed by atoms with E-state index in [1.165, 1.54) is 7.11 Å². The fraction of sp³-hybridized carbons (Fsp3) is 0.349. The second-order valence-electron chi connectivity index (χ2n) is 17.8. The van der Waals surface area contributed by atoms with Gasteiger partial charge in [-0.25, -0.2) is 14.4 Å². The van der Waals surface area contributed by atoms with Crippen LogP contribution in [0.15, 0.2) is 146 Å². The van der Waals surface area contributed by atoms with Gasteiger partial charge in [0.1, 0.15) is 55.2 Å². The summed E-state index contributed by atoms with van der Waals surface area (Å²) in [5.41, 5.74) is 5.17. The number of carbonyl (C=O) groups is 5. The van der Waals surface area contributed by atoms with Gasteiger partial charge in [0.25, 0.3) is 0 Å². The Morgan fingerprint density at radius 3 is 0.938 bits per heavy atom. The van der Waals surface area contributed by atoms with Gasteiger partial charge in [0.05, 0.1) is 95.6 Å². The molecule has 0 aliphatic rings. The van der Waals surface area contributed by atoms with Crippen molar-refractivity contribution in [3.05, 3.63) is 162 Å². The van der Waals surface area contributed by atoms with Gasteiger partial charge in [-0.3, -0.25) is 9.59 Å². The lowest BCUT2D eigenvalue weighted by molar-refractivity contribution is -0.150. The lowest BCUT2D eigenvalue weighted by Crippen LogP contribution is -2.18. The smallest absolute Gasteiger partial charge is 0.343 e. The van der Waals surface area contributed by atoms with Gasteiger partial charge in [-0.2, -0.15) is 0 Å². The summed E-state index contributed by atoms with van der Waals surface area (Å²) in [7, 11) is 2.98. The third kappa shape index (κ3) is 22.3. The molecule has 0 aromatic heterocycles. The van der Waals surface area contributed by atoms with Crippen molar-refractivity contribution >= 4 is 29.8 Å². The van der Waals surface area contributed by atoms with Crippen LogP contribution in [-0.2, 0) is 42.7 Å². The van der Waals surface area contributed by atoms with Crippen LogP contribution in [0.25, 0.3) is 22.3 Å². The van der Waals surface area contributed by atoms with Gasteiger partial charge in [0, 0.05) is 0 Å². The molecule has 0 bridgehead atoms. The van der Waals surface area contributed by atoms with E-state index < -0.39 is 11.9 Å². The average Bonchev–Trinajstić information content (AvgIpc) is 3.50. The lowest BCUT2D eigenvalue weighted by Gasteiger charge is -2.10. The zero-order valence-electron chi connectivity index (χ0n) is 46.4. The zero-order valence-corrected chi connectivity index (χ0v) is 46.4. The Bertz CT molecular complexity index is 2760. The van der Waals surface area contributed by atoms with Crippen LogP contribution in [-0.4, -0.2) is 123 Å². The molecular formula is C63H72O17. The molecule has 0 amide bonds. The quantitative estimate of drug-likeness (QED) is 0.0167. The molecule has 17 heteroatoms. The maximum atomic E-state index is 12.6. The van der Waals surface area contributed by atoms with Crippen molar-refractivity contribution < 1.29 is 80.8 Å². The van der Waals surface area contributed by atoms with E-state index in [2.05, 4.69) is 0 Å². The van der Waals surface area contributed by atoms with Gasteiger partial charge in [-0.05, 0) is 132 Å². The summed E-state index contributed by atoms with van der Waals surface area (Å²) in [6, 6.07) is 42.7. The second-order valence-corrected chi connectivity index (χ2v) is 17.8. The van der Waals surface area contributed by atoms with Crippen LogP contribution in [0.3, 0.4) is 0 Å². The van der Waals surface area contributed by atoms with Crippen molar-refractivity contribution in [3.8, 4) is 51.0 Å². The molecule has 0 fully saturated rings. The molecule has 2 unspecified atom stereocenters. The van der Waals surface area contributed by atoms with Crippen molar-refractivity contribution in [1.82, 2.24) is 0 Å². The predicted octanol–water partition coefficient (Wildman–Crippen LogP) is 10.9. The number of rotatable bonds is 32. The van der Waals surface area contributed by atoms with Crippen LogP contribution in [0, 0.1) is 11.8 Å². The summed E-state index contributed by atoms with van der Waals surface area (Å²) in [5.74, 6) is 0.994. The van der Waals surface area contributed by atoms with Gasteiger partial charge in [0.2, 0.25) is 0 Å². The second kappa shape index (κ2) is 35.4. The molecular weight excluding hydrogens is 1030 g/mol. The molecule has 6 rings (SSSR count). The third-order valence-corrected chi connectivity index (χ3v) is 12.1. The zero-order chi connectivity index (χ0) is 57.3. The molecule has 0 saturated carbocycles. The standard InChI is InChI=1S/C32H36O9.C31H36O8/c1-4-23(2)30(33)40-22-20-38-18-17-37-19-21-39-28-13-11-27(12-14-28)32(35)41-29-15-9-25(10-16-29)24-5-7-26(8-6-24)31(34)36-3;1-4-23(2)30(32)38-22-20-36-18-17-35-19-21-37-28-13-9-26(10-14-28)31(33)39-29-15-7-25(8-16-29)24-5-11-27(34-3)12-6-24/h5-16,23H,4,17-22H2,1-3H3;5-16,23H,4,17-22H2,1-3H3. The van der Waals surface area contributed by atoms with Crippen molar-refractivity contribution in [2.75, 3.05) is 93.5 Å². The van der Waals surface area contributed by atoms with Crippen molar-refractivity contribution in [2.45, 2.75) is 40.5 Å². The SMILES string of the molecule is CCC(C)C(=O)OCCOCCOCCOc1ccc(C(=O)Oc2ccc(-c3ccc(C(=O)OC)cc3)cc2)cc1.CCC(C)C(=O)OCCOCCOCCOc1ccc(C(=O)Oc2ccc(-c3ccc(OC)cc3)cc2)cc1. The Morgan fingerprint density at radius 2 is 0.613 bits per heavy atom. The van der Waals surface area contributed by atoms with Crippen molar-refractivity contribution in [2.24, 2.45) is 11.8 Å². The highest BCUT2D eigenvalue weighted by Gasteiger charge is 2.14. The summed E-state index contributed by atoms with van der Waals surface area (Å²) in [6.45, 7) is 11.8. The van der Waals surface area contributed by atoms with Gasteiger partial charge in [-0.15, -0.1) is 0 Å². The first-order valence-electron chi connectivity index (χ1n) is 26.5. The highest BCUT2D eigenvalue weighted by molar-refractivity contribution is 5.92. The minimum atomic E-state index is -0.482. The molecule has 0 aliphatic heterocycles. The van der Waals surface area contributed by atoms with E-state index in [0.717, 1.165) is 40.8 Å². The van der Waals surface area contributed by atoms with Gasteiger partial charge < -0.3 is 56.8 Å². The number of carbonyl (C=O) groups excluding carboxylic acids is 5. The number of benzene rings is 6. The number of hydrogen-bond acceptors (Lipinski definition) is 17. The molecule has 0 radical (unpaired) electrons. The van der Waals surface area contributed by atoms with Crippen LogP contribution >= 0.6 is 0 Å². The van der Waals surface area contributed by atoms with Gasteiger partial charge in [0.15, 0.2) is 0 Å². The number of esters is 5. The van der Waals surface area contributed by atoms with E-state index in [1.54, 1.807) is 92.0 Å². The maximum Gasteiger partial charge on any atom is 0.343 e. The lowest BCUT2D eigenvalue weighted by atomic mass is 10.0. The fourth-order valence-electron chi connectivity index (χ4n) is 6.94. The molecule has 6 aromatic rings. The van der Waals surface area contributed by atoms with Crippen LogP contribution in [0.5, 0.6) is 28.7 Å². The van der Waals surface area contributed by atoms with Crippen LogP contribution < -0.4 is 23.7 Å². The maximum absolute atomic E-state index is 12.6. The fourth-order valence-corrected chi connectivity index (χ4v) is 6.94. The highest BCUT2D eigenvalue weighted by Crippen LogP contribution is 2.27. The summed E-state index contributed by atoms with van der Waals surface area (Å²) in [6.07, 6.45) is 1.51. The van der Waals surface area contributed by atoms with Crippen molar-refractivity contribution in [3.63, 3.8) is 0 Å². The van der Waals surface area contributed by atoms with E-state index in [-0.39, 0.29) is 43.0 Å². The Kier molecular flexibility index (Phi) is 27.8. The third-order valence-electron chi connectivity index (χ3n) is 12.1. The van der Waals surface area contributed by atoms with E-state index in [4.69, 9.17) is 56.8 Å². The molecule has 0 spiro atoms. The van der Waals surface area contributed by atoms with E-state index in [9.17, 15) is 24.0 Å². The summed E-state index contributed by atoms with van der Waals surface area (Å²) in [4.78, 5) is 59.8. The first kappa shape index (κ1) is 62.7. The summed E-state index contributed by atoms with van der Waals surface area (Å²) >= 11 is 0. The Labute approximate surface area is 468 Å². The normalized spacial score (nSPS) is 11.4. The minimum Gasteiger partial charge on any atom is -0.497 e. The minimum absolute atomic E-state index is 0.0896. The topological polar surface area (TPSA) is 196 Å². The number of ether oxygens (including phenoxy) is 12. The monoisotopic (exact) mass is 1100 g/mol. The molecule has 0 aliphatic carbocycles. The van der Waals surface area contributed by atoms with E-state index in [0.29, 0.717) is 106 Å². The first-order valence-corrected chi connectivity index (χ1v) is 26.5. The van der Waals surface area contributed by atoms with Crippen molar-refractivity contribution in [1.29, 1.82) is 0 Å². The number of hydrogen-bond donors (Lipinski definition) is 0. The Hall–Kier alpha value is -8.09. The predicted molar refractivity (Wildman–Crippen MR) is 300 cm³/mol. The van der Waals surface area contributed by atoms with E-state index >= 15 is 0 Å². The molecule has 80 heavy (non-hydrogen) atoms. The summed E-state index contributed by atoms with van der Waals surface area (Å²) < 4.78 is 64.1. The molecule has 2 atom stereocenters. The molecule has 0 N–H and O–H groups in total. The van der Waals surface area contributed by atoms with Crippen LogP contribution in [0.1, 0.15) is 71.6 Å². The molecule has 6 aromatic carbocycles. The van der Waals surface area contributed by atoms with Crippen LogP contribution in [0.2, 0.25) is 0 Å². The largest absolute Gasteiger partial charge is 0.497 e. The Morgan fingerprint density at radius 1 is 0.338 bits per heavy atom. The van der Waals surface area contributed by atoms with Gasteiger partial charge in [-0.1, -0.05) is 76.2 Å². The highest BCUT2D eigenvalue weighted by atomic mass is 16.6. The van der Waals surface area contributed by atoms with Gasteiger partial charge >= 0.3 is 29.8 Å². The van der Waals surface area contributed by atoms with Crippen LogP contribution in [0.4, 0.5) is 0 Å². The summed E-state index contributed by atoms with van der Waals surface area (Å²) in [5, 5.41) is 0. The molecule has 426 valence electrons. The molecule has 0 heterocycles. The first-order chi connectivity index (χ1) is 38.9. The number of methoxy groups -OCH3 is 2. The Balaban J connectivity index is 0.000000294. The van der Waals surface area contributed by atoms with E-state index in [1.807, 2.05) is 88.4 Å². The average molecular weight is 1100 g/mol. The molecule has 17 nitrogen and oxygen atoms in total.